The fraction of sp³-hybridized carbons (Fsp3) is 0.238. The number of benzene rings is 2. The van der Waals surface area contributed by atoms with Gasteiger partial charge in [0.15, 0.2) is 23.9 Å². The number of hydrogen-bond acceptors (Lipinski definition) is 7. The smallest absolute Gasteiger partial charge is 0.344 e. The SMILES string of the molecule is CCOC(=O)COc1ccc2c(c1)OC(=Cc1ccc(OC)c(OC)c1)C2=O. The van der Waals surface area contributed by atoms with E-state index in [0.29, 0.717) is 28.6 Å². The van der Waals surface area contributed by atoms with Crippen LogP contribution in [0.2, 0.25) is 0 Å². The number of ketones is 1. The van der Waals surface area contributed by atoms with E-state index in [1.54, 1.807) is 63.6 Å². The second kappa shape index (κ2) is 8.47. The van der Waals surface area contributed by atoms with Crippen LogP contribution in [0.5, 0.6) is 23.0 Å². The van der Waals surface area contributed by atoms with E-state index < -0.39 is 5.97 Å². The molecule has 2 aromatic rings. The lowest BCUT2D eigenvalue weighted by atomic mass is 10.1. The number of Topliss-reactive ketones (excluding diaryl/α,β-unsaturated/α-hetero) is 1. The quantitative estimate of drug-likeness (QED) is 0.535. The van der Waals surface area contributed by atoms with Gasteiger partial charge in [-0.15, -0.1) is 0 Å². The van der Waals surface area contributed by atoms with Crippen LogP contribution in [-0.2, 0) is 9.53 Å². The third kappa shape index (κ3) is 4.09. The topological polar surface area (TPSA) is 80.3 Å². The average Bonchev–Trinajstić information content (AvgIpc) is 3.01. The molecule has 0 N–H and O–H groups in total. The molecular weight excluding hydrogens is 364 g/mol. The number of esters is 1. The van der Waals surface area contributed by atoms with Gasteiger partial charge in [0.05, 0.1) is 26.4 Å². The Morgan fingerprint density at radius 3 is 2.57 bits per heavy atom. The highest BCUT2D eigenvalue weighted by Crippen LogP contribution is 2.35. The standard InChI is InChI=1S/C21H20O7/c1-4-26-20(22)12-27-14-6-7-15-17(11-14)28-19(21(15)23)10-13-5-8-16(24-2)18(9-13)25-3/h5-11H,4,12H2,1-3H3. The molecule has 1 aliphatic rings. The van der Waals surface area contributed by atoms with E-state index in [0.717, 1.165) is 5.56 Å². The molecule has 146 valence electrons. The highest BCUT2D eigenvalue weighted by molar-refractivity contribution is 6.14. The molecule has 0 bridgehead atoms. The molecule has 1 heterocycles. The monoisotopic (exact) mass is 384 g/mol. The molecule has 0 fully saturated rings. The molecule has 0 saturated heterocycles. The largest absolute Gasteiger partial charge is 0.493 e. The molecule has 1 aliphatic heterocycles. The summed E-state index contributed by atoms with van der Waals surface area (Å²) in [5, 5.41) is 0. The Bertz CT molecular complexity index is 930. The number of ether oxygens (including phenoxy) is 5. The summed E-state index contributed by atoms with van der Waals surface area (Å²) in [6.45, 7) is 1.79. The van der Waals surface area contributed by atoms with Crippen LogP contribution in [0.1, 0.15) is 22.8 Å². The number of carbonyl (C=O) groups excluding carboxylic acids is 2. The van der Waals surface area contributed by atoms with Gasteiger partial charge in [-0.1, -0.05) is 6.07 Å². The molecule has 7 heteroatoms. The van der Waals surface area contributed by atoms with Crippen LogP contribution in [0.3, 0.4) is 0 Å². The number of carbonyl (C=O) groups is 2. The van der Waals surface area contributed by atoms with Crippen LogP contribution < -0.4 is 18.9 Å². The summed E-state index contributed by atoms with van der Waals surface area (Å²) < 4.78 is 26.4. The van der Waals surface area contributed by atoms with Crippen LogP contribution in [0.15, 0.2) is 42.2 Å². The molecule has 2 aromatic carbocycles. The first kappa shape index (κ1) is 19.3. The predicted molar refractivity (Wildman–Crippen MR) is 101 cm³/mol. The zero-order valence-corrected chi connectivity index (χ0v) is 15.8. The zero-order chi connectivity index (χ0) is 20.1. The average molecular weight is 384 g/mol. The maximum Gasteiger partial charge on any atom is 0.344 e. The molecule has 0 spiro atoms. The number of fused-ring (bicyclic) bond motifs is 1. The lowest BCUT2D eigenvalue weighted by Crippen LogP contribution is -2.14. The minimum atomic E-state index is -0.464. The predicted octanol–water partition coefficient (Wildman–Crippen LogP) is 3.26. The lowest BCUT2D eigenvalue weighted by Gasteiger charge is -2.08. The molecule has 0 radical (unpaired) electrons. The van der Waals surface area contributed by atoms with Gasteiger partial charge in [-0.05, 0) is 42.8 Å². The zero-order valence-electron chi connectivity index (χ0n) is 15.8. The second-order valence-corrected chi connectivity index (χ2v) is 5.81. The number of hydrogen-bond donors (Lipinski definition) is 0. The molecule has 0 atom stereocenters. The van der Waals surface area contributed by atoms with E-state index in [2.05, 4.69) is 0 Å². The van der Waals surface area contributed by atoms with Crippen molar-refractivity contribution in [1.82, 2.24) is 0 Å². The second-order valence-electron chi connectivity index (χ2n) is 5.81. The normalized spacial score (nSPS) is 13.7. The highest BCUT2D eigenvalue weighted by atomic mass is 16.6. The Hall–Kier alpha value is -3.48. The molecule has 0 aromatic heterocycles. The van der Waals surface area contributed by atoms with E-state index in [-0.39, 0.29) is 24.8 Å². The molecule has 0 saturated carbocycles. The summed E-state index contributed by atoms with van der Waals surface area (Å²) in [5.41, 5.74) is 1.16. The van der Waals surface area contributed by atoms with Crippen molar-refractivity contribution < 1.29 is 33.3 Å². The molecule has 3 rings (SSSR count). The summed E-state index contributed by atoms with van der Waals surface area (Å²) in [6, 6.07) is 10.1. The van der Waals surface area contributed by atoms with Crippen molar-refractivity contribution in [3.05, 3.63) is 53.3 Å². The fourth-order valence-electron chi connectivity index (χ4n) is 2.70. The Labute approximate surface area is 162 Å². The van der Waals surface area contributed by atoms with Crippen LogP contribution in [0, 0.1) is 0 Å². The maximum absolute atomic E-state index is 12.6. The van der Waals surface area contributed by atoms with Crippen LogP contribution in [-0.4, -0.2) is 39.2 Å². The summed E-state index contributed by atoms with van der Waals surface area (Å²) in [7, 11) is 3.09. The summed E-state index contributed by atoms with van der Waals surface area (Å²) in [4.78, 5) is 24.0. The van der Waals surface area contributed by atoms with E-state index in [4.69, 9.17) is 23.7 Å². The van der Waals surface area contributed by atoms with E-state index in [1.165, 1.54) is 0 Å². The van der Waals surface area contributed by atoms with Gasteiger partial charge in [-0.2, -0.15) is 0 Å². The first-order valence-electron chi connectivity index (χ1n) is 8.64. The van der Waals surface area contributed by atoms with Gasteiger partial charge in [0.1, 0.15) is 11.5 Å². The van der Waals surface area contributed by atoms with Gasteiger partial charge in [0.2, 0.25) is 5.78 Å². The van der Waals surface area contributed by atoms with E-state index >= 15 is 0 Å². The first-order valence-corrected chi connectivity index (χ1v) is 8.64. The minimum Gasteiger partial charge on any atom is -0.493 e. The molecule has 7 nitrogen and oxygen atoms in total. The van der Waals surface area contributed by atoms with Crippen LogP contribution in [0.4, 0.5) is 0 Å². The van der Waals surface area contributed by atoms with Gasteiger partial charge in [-0.25, -0.2) is 4.79 Å². The Balaban J connectivity index is 1.78. The summed E-state index contributed by atoms with van der Waals surface area (Å²) in [6.07, 6.45) is 1.63. The van der Waals surface area contributed by atoms with Crippen molar-refractivity contribution in [2.45, 2.75) is 6.92 Å². The van der Waals surface area contributed by atoms with Crippen LogP contribution in [0.25, 0.3) is 6.08 Å². The van der Waals surface area contributed by atoms with Gasteiger partial charge in [-0.3, -0.25) is 4.79 Å². The number of allylic oxidation sites excluding steroid dienone is 1. The minimum absolute atomic E-state index is 0.185. The van der Waals surface area contributed by atoms with E-state index in [9.17, 15) is 9.59 Å². The van der Waals surface area contributed by atoms with Gasteiger partial charge in [0, 0.05) is 6.07 Å². The fourth-order valence-corrected chi connectivity index (χ4v) is 2.70. The Morgan fingerprint density at radius 2 is 1.86 bits per heavy atom. The van der Waals surface area contributed by atoms with Crippen molar-refractivity contribution in [3.8, 4) is 23.0 Å². The molecule has 0 unspecified atom stereocenters. The third-order valence-corrected chi connectivity index (χ3v) is 4.01. The van der Waals surface area contributed by atoms with Crippen LogP contribution >= 0.6 is 0 Å². The summed E-state index contributed by atoms with van der Waals surface area (Å²) >= 11 is 0. The summed E-state index contributed by atoms with van der Waals surface area (Å²) in [5.74, 6) is 1.41. The van der Waals surface area contributed by atoms with Crippen molar-refractivity contribution >= 4 is 17.8 Å². The maximum atomic E-state index is 12.6. The third-order valence-electron chi connectivity index (χ3n) is 4.01. The Morgan fingerprint density at radius 1 is 1.07 bits per heavy atom. The van der Waals surface area contributed by atoms with Crippen molar-refractivity contribution in [1.29, 1.82) is 0 Å². The number of rotatable bonds is 7. The van der Waals surface area contributed by atoms with Crippen molar-refractivity contribution in [2.75, 3.05) is 27.4 Å². The lowest BCUT2D eigenvalue weighted by molar-refractivity contribution is -0.145. The van der Waals surface area contributed by atoms with Crippen molar-refractivity contribution in [2.24, 2.45) is 0 Å². The molecular formula is C21H20O7. The van der Waals surface area contributed by atoms with Gasteiger partial charge in [0.25, 0.3) is 0 Å². The Kier molecular flexibility index (Phi) is 5.84. The molecule has 0 aliphatic carbocycles. The first-order chi connectivity index (χ1) is 13.5. The molecule has 0 amide bonds. The van der Waals surface area contributed by atoms with Crippen molar-refractivity contribution in [3.63, 3.8) is 0 Å². The van der Waals surface area contributed by atoms with Gasteiger partial charge < -0.3 is 23.7 Å². The van der Waals surface area contributed by atoms with E-state index in [1.807, 2.05) is 0 Å². The van der Waals surface area contributed by atoms with Gasteiger partial charge >= 0.3 is 5.97 Å². The highest BCUT2D eigenvalue weighted by Gasteiger charge is 2.28. The molecule has 28 heavy (non-hydrogen) atoms. The number of methoxy groups -OCH3 is 2.